The molecule has 2 aromatic rings. The number of benzene rings is 2. The predicted molar refractivity (Wildman–Crippen MR) is 127 cm³/mol. The first kappa shape index (κ1) is 22.8. The van der Waals surface area contributed by atoms with Crippen LogP contribution in [0.3, 0.4) is 0 Å². The van der Waals surface area contributed by atoms with Gasteiger partial charge in [0, 0.05) is 26.1 Å². The summed E-state index contributed by atoms with van der Waals surface area (Å²) in [6.07, 6.45) is 6.39. The van der Waals surface area contributed by atoms with E-state index in [1.807, 2.05) is 12.1 Å². The largest absolute Gasteiger partial charge is 0.490 e. The molecule has 5 heteroatoms. The Kier molecular flexibility index (Phi) is 8.18. The highest BCUT2D eigenvalue weighted by Gasteiger charge is 2.23. The molecule has 32 heavy (non-hydrogen) atoms. The molecule has 1 heterocycles. The zero-order valence-electron chi connectivity index (χ0n) is 19.2. The molecule has 1 unspecified atom stereocenters. The minimum absolute atomic E-state index is 0.0954. The van der Waals surface area contributed by atoms with Gasteiger partial charge in [0.1, 0.15) is 5.75 Å². The molecule has 2 fully saturated rings. The minimum Gasteiger partial charge on any atom is -0.490 e. The van der Waals surface area contributed by atoms with Crippen LogP contribution in [0.1, 0.15) is 54.8 Å². The van der Waals surface area contributed by atoms with Crippen molar-refractivity contribution in [1.82, 2.24) is 10.2 Å². The van der Waals surface area contributed by atoms with Gasteiger partial charge in [-0.1, -0.05) is 42.0 Å². The van der Waals surface area contributed by atoms with Crippen molar-refractivity contribution in [2.75, 3.05) is 32.8 Å². The Morgan fingerprint density at radius 3 is 2.69 bits per heavy atom. The van der Waals surface area contributed by atoms with Gasteiger partial charge in [-0.2, -0.15) is 0 Å². The Morgan fingerprint density at radius 2 is 1.91 bits per heavy atom. The zero-order valence-corrected chi connectivity index (χ0v) is 19.2. The number of hydrogen-bond acceptors (Lipinski definition) is 4. The minimum atomic E-state index is 0.0954. The number of rotatable bonds is 9. The maximum atomic E-state index is 12.7. The maximum Gasteiger partial charge on any atom is 0.220 e. The fourth-order valence-corrected chi connectivity index (χ4v) is 4.75. The predicted octanol–water partition coefficient (Wildman–Crippen LogP) is 4.44. The van der Waals surface area contributed by atoms with Crippen molar-refractivity contribution in [3.05, 3.63) is 65.2 Å². The third-order valence-electron chi connectivity index (χ3n) is 6.55. The van der Waals surface area contributed by atoms with Crippen LogP contribution in [0.4, 0.5) is 0 Å². The van der Waals surface area contributed by atoms with Gasteiger partial charge < -0.3 is 14.8 Å². The summed E-state index contributed by atoms with van der Waals surface area (Å²) in [6, 6.07) is 17.0. The van der Waals surface area contributed by atoms with Crippen molar-refractivity contribution < 1.29 is 14.3 Å². The van der Waals surface area contributed by atoms with Gasteiger partial charge in [-0.3, -0.25) is 9.69 Å². The fraction of sp³-hybridized carbons (Fsp3) is 0.519. The summed E-state index contributed by atoms with van der Waals surface area (Å²) in [7, 11) is 0. The number of aryl methyl sites for hydroxylation is 2. The molecule has 1 saturated carbocycles. The van der Waals surface area contributed by atoms with E-state index in [2.05, 4.69) is 53.5 Å². The molecule has 5 nitrogen and oxygen atoms in total. The molecule has 0 aromatic heterocycles. The normalized spacial score (nSPS) is 18.4. The molecule has 1 N–H and O–H groups in total. The molecule has 172 valence electrons. The van der Waals surface area contributed by atoms with Crippen LogP contribution < -0.4 is 10.1 Å². The Morgan fingerprint density at radius 1 is 1.12 bits per heavy atom. The Hall–Kier alpha value is -2.37. The highest BCUT2D eigenvalue weighted by Crippen LogP contribution is 2.25. The molecule has 1 aliphatic carbocycles. The lowest BCUT2D eigenvalue weighted by Crippen LogP contribution is -2.43. The molecule has 0 radical (unpaired) electrons. The first-order valence-corrected chi connectivity index (χ1v) is 12.1. The van der Waals surface area contributed by atoms with Crippen LogP contribution in [0, 0.1) is 6.92 Å². The number of morpholine rings is 1. The van der Waals surface area contributed by atoms with Gasteiger partial charge in [0.15, 0.2) is 0 Å². The van der Waals surface area contributed by atoms with Crippen molar-refractivity contribution in [3.63, 3.8) is 0 Å². The molecular formula is C27H36N2O3. The number of carbonyl (C=O) groups excluding carboxylic acids is 1. The summed E-state index contributed by atoms with van der Waals surface area (Å²) in [5.41, 5.74) is 3.65. The van der Waals surface area contributed by atoms with Gasteiger partial charge in [-0.05, 0) is 62.3 Å². The molecule has 1 aliphatic heterocycles. The second-order valence-corrected chi connectivity index (χ2v) is 9.05. The van der Waals surface area contributed by atoms with E-state index in [0.29, 0.717) is 19.1 Å². The summed E-state index contributed by atoms with van der Waals surface area (Å²) in [4.78, 5) is 15.1. The summed E-state index contributed by atoms with van der Waals surface area (Å²) >= 11 is 0. The number of ether oxygens (including phenoxy) is 2. The molecule has 1 amide bonds. The number of amides is 1. The third kappa shape index (κ3) is 6.57. The standard InChI is InChI=1S/C27H36N2O3/c1-21-6-4-8-23(18-21)26(29-14-16-31-17-15-29)20-28-27(30)13-12-22-7-5-11-25(19-22)32-24-9-2-3-10-24/h4-8,11,18-19,24,26H,2-3,9-10,12-17,20H2,1H3,(H,28,30). The molecule has 0 spiro atoms. The lowest BCUT2D eigenvalue weighted by Gasteiger charge is -2.35. The number of nitrogens with one attached hydrogen (secondary N) is 1. The second kappa shape index (κ2) is 11.5. The van der Waals surface area contributed by atoms with E-state index in [1.165, 1.54) is 24.0 Å². The van der Waals surface area contributed by atoms with E-state index in [0.717, 1.165) is 56.9 Å². The smallest absolute Gasteiger partial charge is 0.220 e. The van der Waals surface area contributed by atoms with E-state index >= 15 is 0 Å². The second-order valence-electron chi connectivity index (χ2n) is 9.05. The maximum absolute atomic E-state index is 12.7. The molecule has 1 saturated heterocycles. The van der Waals surface area contributed by atoms with Crippen LogP contribution in [0.2, 0.25) is 0 Å². The first-order chi connectivity index (χ1) is 15.7. The summed E-state index contributed by atoms with van der Waals surface area (Å²) in [6.45, 7) is 6.01. The Balaban J connectivity index is 1.30. The number of carbonyl (C=O) groups is 1. The molecule has 0 bridgehead atoms. The fourth-order valence-electron chi connectivity index (χ4n) is 4.75. The zero-order chi connectivity index (χ0) is 22.2. The highest BCUT2D eigenvalue weighted by molar-refractivity contribution is 5.76. The summed E-state index contributed by atoms with van der Waals surface area (Å²) < 4.78 is 11.6. The van der Waals surface area contributed by atoms with Crippen molar-refractivity contribution in [2.24, 2.45) is 0 Å². The van der Waals surface area contributed by atoms with Gasteiger partial charge >= 0.3 is 0 Å². The summed E-state index contributed by atoms with van der Waals surface area (Å²) in [5, 5.41) is 3.19. The highest BCUT2D eigenvalue weighted by atomic mass is 16.5. The van der Waals surface area contributed by atoms with E-state index < -0.39 is 0 Å². The van der Waals surface area contributed by atoms with Crippen molar-refractivity contribution in [1.29, 1.82) is 0 Å². The molecular weight excluding hydrogens is 400 g/mol. The number of nitrogens with zero attached hydrogens (tertiary/aromatic N) is 1. The molecule has 4 rings (SSSR count). The molecule has 2 aliphatic rings. The molecule has 1 atom stereocenters. The average Bonchev–Trinajstić information content (AvgIpc) is 3.32. The van der Waals surface area contributed by atoms with Gasteiger partial charge in [0.2, 0.25) is 5.91 Å². The Labute approximate surface area is 192 Å². The average molecular weight is 437 g/mol. The van der Waals surface area contributed by atoms with Crippen LogP contribution in [-0.4, -0.2) is 49.8 Å². The Bertz CT molecular complexity index is 873. The molecule has 2 aromatic carbocycles. The van der Waals surface area contributed by atoms with Gasteiger partial charge in [-0.25, -0.2) is 0 Å². The first-order valence-electron chi connectivity index (χ1n) is 12.1. The summed E-state index contributed by atoms with van der Waals surface area (Å²) in [5.74, 6) is 1.03. The van der Waals surface area contributed by atoms with Crippen LogP contribution in [0.15, 0.2) is 48.5 Å². The van der Waals surface area contributed by atoms with Crippen molar-refractivity contribution in [3.8, 4) is 5.75 Å². The number of hydrogen-bond donors (Lipinski definition) is 1. The van der Waals surface area contributed by atoms with Gasteiger partial charge in [-0.15, -0.1) is 0 Å². The topological polar surface area (TPSA) is 50.8 Å². The van der Waals surface area contributed by atoms with Crippen molar-refractivity contribution >= 4 is 5.91 Å². The SMILES string of the molecule is Cc1cccc(C(CNC(=O)CCc2cccc(OC3CCCC3)c2)N2CCOCC2)c1. The lowest BCUT2D eigenvalue weighted by atomic mass is 10.0. The van der Waals surface area contributed by atoms with Crippen LogP contribution in [-0.2, 0) is 16.0 Å². The van der Waals surface area contributed by atoms with E-state index in [1.54, 1.807) is 0 Å². The van der Waals surface area contributed by atoms with Crippen LogP contribution >= 0.6 is 0 Å². The quantitative estimate of drug-likeness (QED) is 0.631. The van der Waals surface area contributed by atoms with Crippen LogP contribution in [0.5, 0.6) is 5.75 Å². The van der Waals surface area contributed by atoms with E-state index in [9.17, 15) is 4.79 Å². The van der Waals surface area contributed by atoms with Crippen molar-refractivity contribution in [2.45, 2.75) is 57.6 Å². The van der Waals surface area contributed by atoms with Gasteiger partial charge in [0.05, 0.1) is 25.4 Å². The van der Waals surface area contributed by atoms with E-state index in [4.69, 9.17) is 9.47 Å². The third-order valence-corrected chi connectivity index (χ3v) is 6.55. The van der Waals surface area contributed by atoms with Crippen LogP contribution in [0.25, 0.3) is 0 Å². The lowest BCUT2D eigenvalue weighted by molar-refractivity contribution is -0.121. The van der Waals surface area contributed by atoms with E-state index in [-0.39, 0.29) is 11.9 Å². The van der Waals surface area contributed by atoms with Gasteiger partial charge in [0.25, 0.3) is 0 Å². The monoisotopic (exact) mass is 436 g/mol.